The van der Waals surface area contributed by atoms with Gasteiger partial charge in [0.2, 0.25) is 0 Å². The minimum atomic E-state index is -1.19. The van der Waals surface area contributed by atoms with Crippen LogP contribution in [0.1, 0.15) is 21.6 Å². The second-order valence-electron chi connectivity index (χ2n) is 3.70. The number of carbonyl (C=O) groups is 1. The van der Waals surface area contributed by atoms with E-state index in [4.69, 9.17) is 15.1 Å². The highest BCUT2D eigenvalue weighted by molar-refractivity contribution is 5.88. The van der Waals surface area contributed by atoms with Crippen molar-refractivity contribution in [1.29, 1.82) is 5.26 Å². The highest BCUT2D eigenvalue weighted by Crippen LogP contribution is 2.21. The van der Waals surface area contributed by atoms with Gasteiger partial charge in [-0.1, -0.05) is 6.07 Å². The number of benzene rings is 1. The number of halogens is 1. The third-order valence-electron chi connectivity index (χ3n) is 2.48. The van der Waals surface area contributed by atoms with Gasteiger partial charge in [0.15, 0.2) is 0 Å². The second-order valence-corrected chi connectivity index (χ2v) is 3.70. The molecule has 0 radical (unpaired) electrons. The van der Waals surface area contributed by atoms with Gasteiger partial charge in [0.1, 0.15) is 41.7 Å². The lowest BCUT2D eigenvalue weighted by Crippen LogP contribution is -2.09. The van der Waals surface area contributed by atoms with E-state index in [0.717, 1.165) is 12.3 Å². The number of rotatable bonds is 4. The molecule has 2 aromatic rings. The Morgan fingerprint density at radius 2 is 2.30 bits per heavy atom. The summed E-state index contributed by atoms with van der Waals surface area (Å²) in [6.45, 7) is -0.206. The van der Waals surface area contributed by atoms with Crippen molar-refractivity contribution >= 4 is 5.97 Å². The SMILES string of the molecule is N#Cc1c(F)cccc1OCc1ncncc1C(=O)O. The molecule has 1 aromatic carbocycles. The Morgan fingerprint density at radius 3 is 3.00 bits per heavy atom. The smallest absolute Gasteiger partial charge is 0.339 e. The van der Waals surface area contributed by atoms with E-state index in [2.05, 4.69) is 9.97 Å². The molecule has 0 unspecified atom stereocenters. The largest absolute Gasteiger partial charge is 0.486 e. The topological polar surface area (TPSA) is 96.1 Å². The van der Waals surface area contributed by atoms with Gasteiger partial charge in [0.25, 0.3) is 0 Å². The summed E-state index contributed by atoms with van der Waals surface area (Å²) >= 11 is 0. The van der Waals surface area contributed by atoms with Crippen LogP contribution in [0.4, 0.5) is 4.39 Å². The summed E-state index contributed by atoms with van der Waals surface area (Å²) in [6.07, 6.45) is 2.33. The fraction of sp³-hybridized carbons (Fsp3) is 0.0769. The number of carboxylic acids is 1. The van der Waals surface area contributed by atoms with Crippen LogP contribution in [-0.2, 0) is 6.61 Å². The zero-order valence-electron chi connectivity index (χ0n) is 10.1. The van der Waals surface area contributed by atoms with Crippen LogP contribution in [0.15, 0.2) is 30.7 Å². The van der Waals surface area contributed by atoms with Crippen LogP contribution in [-0.4, -0.2) is 21.0 Å². The van der Waals surface area contributed by atoms with Crippen LogP contribution in [0.5, 0.6) is 5.75 Å². The van der Waals surface area contributed by atoms with Crippen LogP contribution >= 0.6 is 0 Å². The average Bonchev–Trinajstić information content (AvgIpc) is 2.45. The van der Waals surface area contributed by atoms with Gasteiger partial charge in [-0.05, 0) is 12.1 Å². The summed E-state index contributed by atoms with van der Waals surface area (Å²) in [4.78, 5) is 18.4. The Hall–Kier alpha value is -3.01. The first-order valence-corrected chi connectivity index (χ1v) is 5.47. The fourth-order valence-corrected chi connectivity index (χ4v) is 1.53. The first kappa shape index (κ1) is 13.4. The molecule has 0 saturated carbocycles. The van der Waals surface area contributed by atoms with Crippen molar-refractivity contribution in [3.05, 3.63) is 53.4 Å². The molecule has 0 atom stereocenters. The molecule has 1 heterocycles. The van der Waals surface area contributed by atoms with Crippen LogP contribution < -0.4 is 4.74 Å². The molecule has 0 aliphatic heterocycles. The number of nitriles is 1. The number of aromatic carboxylic acids is 1. The van der Waals surface area contributed by atoms with Gasteiger partial charge in [0, 0.05) is 6.20 Å². The number of carboxylic acid groups (broad SMARTS) is 1. The third kappa shape index (κ3) is 2.70. The maximum atomic E-state index is 13.4. The van der Waals surface area contributed by atoms with E-state index in [1.165, 1.54) is 18.5 Å². The van der Waals surface area contributed by atoms with Gasteiger partial charge in [-0.3, -0.25) is 0 Å². The molecule has 0 spiro atoms. The molecule has 1 aromatic heterocycles. The minimum Gasteiger partial charge on any atom is -0.486 e. The molecule has 0 amide bonds. The quantitative estimate of drug-likeness (QED) is 0.911. The van der Waals surface area contributed by atoms with Crippen molar-refractivity contribution in [2.45, 2.75) is 6.61 Å². The van der Waals surface area contributed by atoms with Gasteiger partial charge in [-0.25, -0.2) is 19.2 Å². The monoisotopic (exact) mass is 273 g/mol. The zero-order chi connectivity index (χ0) is 14.5. The molecule has 0 aliphatic carbocycles. The molecular weight excluding hydrogens is 265 g/mol. The first-order chi connectivity index (χ1) is 9.63. The molecule has 1 N–H and O–H groups in total. The van der Waals surface area contributed by atoms with Crippen LogP contribution in [0.25, 0.3) is 0 Å². The third-order valence-corrected chi connectivity index (χ3v) is 2.48. The van der Waals surface area contributed by atoms with E-state index >= 15 is 0 Å². The van der Waals surface area contributed by atoms with E-state index in [9.17, 15) is 9.18 Å². The summed E-state index contributed by atoms with van der Waals surface area (Å²) in [5, 5.41) is 17.8. The molecular formula is C13H8FN3O3. The van der Waals surface area contributed by atoms with Crippen LogP contribution in [0, 0.1) is 17.1 Å². The summed E-state index contributed by atoms with van der Waals surface area (Å²) in [6, 6.07) is 5.64. The van der Waals surface area contributed by atoms with Crippen LogP contribution in [0.3, 0.4) is 0 Å². The Labute approximate surface area is 113 Å². The van der Waals surface area contributed by atoms with Crippen LogP contribution in [0.2, 0.25) is 0 Å². The molecule has 0 fully saturated rings. The maximum Gasteiger partial charge on any atom is 0.339 e. The van der Waals surface area contributed by atoms with Crippen molar-refractivity contribution in [3.63, 3.8) is 0 Å². The Morgan fingerprint density at radius 1 is 1.50 bits per heavy atom. The standard InChI is InChI=1S/C13H8FN3O3/c14-10-2-1-3-12(8(10)4-15)20-6-11-9(13(18)19)5-16-7-17-11/h1-3,5,7H,6H2,(H,18,19). The lowest BCUT2D eigenvalue weighted by atomic mass is 10.2. The number of ether oxygens (including phenoxy) is 1. The zero-order valence-corrected chi connectivity index (χ0v) is 10.1. The molecule has 20 heavy (non-hydrogen) atoms. The van der Waals surface area contributed by atoms with Crippen molar-refractivity contribution in [3.8, 4) is 11.8 Å². The predicted octanol–water partition coefficient (Wildman–Crippen LogP) is 1.76. The summed E-state index contributed by atoms with van der Waals surface area (Å²) in [5.74, 6) is -1.86. The van der Waals surface area contributed by atoms with E-state index in [0.29, 0.717) is 0 Å². The predicted molar refractivity (Wildman–Crippen MR) is 64.4 cm³/mol. The lowest BCUT2D eigenvalue weighted by Gasteiger charge is -2.09. The molecule has 2 rings (SSSR count). The molecule has 0 bridgehead atoms. The van der Waals surface area contributed by atoms with Gasteiger partial charge in [-0.2, -0.15) is 5.26 Å². The molecule has 0 saturated heterocycles. The lowest BCUT2D eigenvalue weighted by molar-refractivity contribution is 0.0692. The van der Waals surface area contributed by atoms with Gasteiger partial charge in [0.05, 0.1) is 5.69 Å². The highest BCUT2D eigenvalue weighted by Gasteiger charge is 2.14. The molecule has 0 aliphatic rings. The maximum absolute atomic E-state index is 13.4. The number of hydrogen-bond donors (Lipinski definition) is 1. The summed E-state index contributed by atoms with van der Waals surface area (Å²) in [7, 11) is 0. The van der Waals surface area contributed by atoms with Crippen molar-refractivity contribution in [1.82, 2.24) is 9.97 Å². The van der Waals surface area contributed by atoms with Gasteiger partial charge < -0.3 is 9.84 Å². The summed E-state index contributed by atoms with van der Waals surface area (Å²) in [5.41, 5.74) is -0.207. The summed E-state index contributed by atoms with van der Waals surface area (Å²) < 4.78 is 18.6. The van der Waals surface area contributed by atoms with E-state index in [-0.39, 0.29) is 29.2 Å². The minimum absolute atomic E-state index is 0.0300. The highest BCUT2D eigenvalue weighted by atomic mass is 19.1. The van der Waals surface area contributed by atoms with Crippen molar-refractivity contribution in [2.75, 3.05) is 0 Å². The van der Waals surface area contributed by atoms with Gasteiger partial charge in [-0.15, -0.1) is 0 Å². The first-order valence-electron chi connectivity index (χ1n) is 5.47. The Balaban J connectivity index is 2.24. The number of aromatic nitrogens is 2. The van der Waals surface area contributed by atoms with E-state index in [1.807, 2.05) is 0 Å². The Bertz CT molecular complexity index is 698. The molecule has 7 heteroatoms. The van der Waals surface area contributed by atoms with Gasteiger partial charge >= 0.3 is 5.97 Å². The van der Waals surface area contributed by atoms with Crippen molar-refractivity contribution in [2.24, 2.45) is 0 Å². The fourth-order valence-electron chi connectivity index (χ4n) is 1.53. The van der Waals surface area contributed by atoms with E-state index in [1.54, 1.807) is 6.07 Å². The van der Waals surface area contributed by atoms with Crippen molar-refractivity contribution < 1.29 is 19.0 Å². The number of nitrogens with zero attached hydrogens (tertiary/aromatic N) is 3. The Kier molecular flexibility index (Phi) is 3.86. The van der Waals surface area contributed by atoms with E-state index < -0.39 is 11.8 Å². The average molecular weight is 273 g/mol. The second kappa shape index (κ2) is 5.75. The molecule has 6 nitrogen and oxygen atoms in total. The number of hydrogen-bond acceptors (Lipinski definition) is 5. The molecule has 100 valence electrons. The normalized spacial score (nSPS) is 9.80.